The van der Waals surface area contributed by atoms with Crippen molar-refractivity contribution in [3.8, 4) is 0 Å². The molecule has 4 nitrogen and oxygen atoms in total. The number of nitrogens with zero attached hydrogens (tertiary/aromatic N) is 1. The van der Waals surface area contributed by atoms with Gasteiger partial charge in [-0.25, -0.2) is 0 Å². The Morgan fingerprint density at radius 3 is 2.40 bits per heavy atom. The number of benzene rings is 1. The van der Waals surface area contributed by atoms with E-state index in [2.05, 4.69) is 19.2 Å². The summed E-state index contributed by atoms with van der Waals surface area (Å²) in [5, 5.41) is 14.7. The second-order valence-corrected chi connectivity index (χ2v) is 6.37. The minimum atomic E-state index is -0.493. The van der Waals surface area contributed by atoms with Gasteiger partial charge in [-0.15, -0.1) is 0 Å². The van der Waals surface area contributed by atoms with Crippen molar-refractivity contribution in [2.75, 3.05) is 5.32 Å². The number of nitro groups is 1. The normalized spacial score (nSPS) is 26.3. The Kier molecular flexibility index (Phi) is 4.76. The van der Waals surface area contributed by atoms with Crippen molar-refractivity contribution in [2.24, 2.45) is 11.8 Å². The Hall–Kier alpha value is -1.00. The third-order valence-electron chi connectivity index (χ3n) is 4.27. The molecule has 0 aliphatic heterocycles. The van der Waals surface area contributed by atoms with Gasteiger partial charge in [0.25, 0.3) is 5.69 Å². The summed E-state index contributed by atoms with van der Waals surface area (Å²) in [5.74, 6) is 1.17. The maximum Gasteiger partial charge on any atom is 0.272 e. The predicted octanol–water partition coefficient (Wildman–Crippen LogP) is 5.14. The van der Waals surface area contributed by atoms with Gasteiger partial charge >= 0.3 is 0 Å². The molecule has 0 heterocycles. The number of halogens is 2. The Labute approximate surface area is 128 Å². The summed E-state index contributed by atoms with van der Waals surface area (Å²) in [4.78, 5) is 10.3. The molecule has 0 saturated heterocycles. The van der Waals surface area contributed by atoms with Crippen molar-refractivity contribution in [3.63, 3.8) is 0 Å². The van der Waals surface area contributed by atoms with E-state index < -0.39 is 4.92 Å². The van der Waals surface area contributed by atoms with E-state index in [0.29, 0.717) is 33.6 Å². The monoisotopic (exact) mass is 316 g/mol. The zero-order chi connectivity index (χ0) is 14.9. The molecule has 1 aliphatic rings. The van der Waals surface area contributed by atoms with Crippen LogP contribution in [0.25, 0.3) is 0 Å². The van der Waals surface area contributed by atoms with Gasteiger partial charge in [-0.05, 0) is 18.3 Å². The van der Waals surface area contributed by atoms with Crippen LogP contribution in [-0.2, 0) is 0 Å². The molecule has 3 unspecified atom stereocenters. The average Bonchev–Trinajstić information content (AvgIpc) is 2.38. The summed E-state index contributed by atoms with van der Waals surface area (Å²) in [6, 6.07) is 2.98. The van der Waals surface area contributed by atoms with Crippen molar-refractivity contribution in [1.82, 2.24) is 0 Å². The first-order valence-corrected chi connectivity index (χ1v) is 7.55. The molecule has 0 spiro atoms. The van der Waals surface area contributed by atoms with E-state index in [9.17, 15) is 10.1 Å². The lowest BCUT2D eigenvalue weighted by atomic mass is 9.78. The van der Waals surface area contributed by atoms with Crippen molar-refractivity contribution in [1.29, 1.82) is 0 Å². The molecule has 0 aromatic heterocycles. The molecular formula is C14H18Cl2N2O2. The van der Waals surface area contributed by atoms with E-state index in [1.54, 1.807) is 0 Å². The van der Waals surface area contributed by atoms with Crippen LogP contribution in [0.1, 0.15) is 33.1 Å². The molecule has 2 rings (SSSR count). The summed E-state index contributed by atoms with van der Waals surface area (Å²) in [5.41, 5.74) is 0.514. The molecule has 1 N–H and O–H groups in total. The molecule has 0 amide bonds. The van der Waals surface area contributed by atoms with Crippen LogP contribution in [0, 0.1) is 22.0 Å². The molecule has 1 saturated carbocycles. The maximum absolute atomic E-state index is 10.8. The highest BCUT2D eigenvalue weighted by atomic mass is 35.5. The maximum atomic E-state index is 10.8. The zero-order valence-corrected chi connectivity index (χ0v) is 13.0. The van der Waals surface area contributed by atoms with Crippen LogP contribution < -0.4 is 5.32 Å². The molecule has 6 heteroatoms. The SMILES string of the molecule is CC1CCCC(Nc2c(Cl)cc([N+](=O)[O-])cc2Cl)C1C. The lowest BCUT2D eigenvalue weighted by molar-refractivity contribution is -0.384. The van der Waals surface area contributed by atoms with E-state index >= 15 is 0 Å². The van der Waals surface area contributed by atoms with E-state index in [1.807, 2.05) is 0 Å². The molecular weight excluding hydrogens is 299 g/mol. The molecule has 1 aromatic rings. The number of anilines is 1. The molecule has 20 heavy (non-hydrogen) atoms. The van der Waals surface area contributed by atoms with Crippen molar-refractivity contribution < 1.29 is 4.92 Å². The average molecular weight is 317 g/mol. The second-order valence-electron chi connectivity index (χ2n) is 5.56. The largest absolute Gasteiger partial charge is 0.380 e. The number of non-ortho nitro benzene ring substituents is 1. The third-order valence-corrected chi connectivity index (χ3v) is 4.87. The standard InChI is InChI=1S/C14H18Cl2N2O2/c1-8-4-3-5-13(9(8)2)17-14-11(15)6-10(18(19)20)7-12(14)16/h6-9,13,17H,3-5H2,1-2H3. The molecule has 1 aromatic carbocycles. The van der Waals surface area contributed by atoms with Gasteiger partial charge in [0.05, 0.1) is 20.7 Å². The van der Waals surface area contributed by atoms with Gasteiger partial charge in [-0.2, -0.15) is 0 Å². The van der Waals surface area contributed by atoms with E-state index in [1.165, 1.54) is 25.0 Å². The lowest BCUT2D eigenvalue weighted by Gasteiger charge is -2.35. The van der Waals surface area contributed by atoms with Crippen LogP contribution in [0.15, 0.2) is 12.1 Å². The molecule has 0 radical (unpaired) electrons. The number of rotatable bonds is 3. The molecule has 3 atom stereocenters. The van der Waals surface area contributed by atoms with Crippen molar-refractivity contribution >= 4 is 34.6 Å². The lowest BCUT2D eigenvalue weighted by Crippen LogP contribution is -2.35. The summed E-state index contributed by atoms with van der Waals surface area (Å²) >= 11 is 12.3. The first-order valence-electron chi connectivity index (χ1n) is 6.80. The number of nitro benzene ring substituents is 1. The van der Waals surface area contributed by atoms with Crippen LogP contribution in [0.4, 0.5) is 11.4 Å². The summed E-state index contributed by atoms with van der Waals surface area (Å²) in [6.07, 6.45) is 3.47. The molecule has 1 aliphatic carbocycles. The van der Waals surface area contributed by atoms with Gasteiger partial charge in [0, 0.05) is 18.2 Å². The van der Waals surface area contributed by atoms with Gasteiger partial charge in [0.1, 0.15) is 0 Å². The smallest absolute Gasteiger partial charge is 0.272 e. The fourth-order valence-electron chi connectivity index (χ4n) is 2.77. The van der Waals surface area contributed by atoms with E-state index in [4.69, 9.17) is 23.2 Å². The highest BCUT2D eigenvalue weighted by Gasteiger charge is 2.28. The Bertz CT molecular complexity index is 499. The van der Waals surface area contributed by atoms with Crippen LogP contribution in [0.3, 0.4) is 0 Å². The number of hydrogen-bond donors (Lipinski definition) is 1. The quantitative estimate of drug-likeness (QED) is 0.620. The fraction of sp³-hybridized carbons (Fsp3) is 0.571. The molecule has 0 bridgehead atoms. The van der Waals surface area contributed by atoms with E-state index in [-0.39, 0.29) is 5.69 Å². The first-order chi connectivity index (χ1) is 9.40. The second kappa shape index (κ2) is 6.19. The topological polar surface area (TPSA) is 55.2 Å². The van der Waals surface area contributed by atoms with Gasteiger partial charge < -0.3 is 5.32 Å². The molecule has 1 fully saturated rings. The van der Waals surface area contributed by atoms with Gasteiger partial charge in [-0.1, -0.05) is 49.9 Å². The fourth-order valence-corrected chi connectivity index (χ4v) is 3.36. The van der Waals surface area contributed by atoms with Crippen molar-refractivity contribution in [2.45, 2.75) is 39.2 Å². The van der Waals surface area contributed by atoms with Gasteiger partial charge in [0.2, 0.25) is 0 Å². The highest BCUT2D eigenvalue weighted by Crippen LogP contribution is 2.38. The Morgan fingerprint density at radius 1 is 1.25 bits per heavy atom. The Morgan fingerprint density at radius 2 is 1.85 bits per heavy atom. The summed E-state index contributed by atoms with van der Waals surface area (Å²) in [6.45, 7) is 4.46. The van der Waals surface area contributed by atoms with E-state index in [0.717, 1.165) is 6.42 Å². The summed E-state index contributed by atoms with van der Waals surface area (Å²) < 4.78 is 0. The third kappa shape index (κ3) is 3.18. The van der Waals surface area contributed by atoms with Crippen LogP contribution in [0.5, 0.6) is 0 Å². The van der Waals surface area contributed by atoms with Crippen LogP contribution in [0.2, 0.25) is 10.0 Å². The van der Waals surface area contributed by atoms with Crippen molar-refractivity contribution in [3.05, 3.63) is 32.3 Å². The number of nitrogens with one attached hydrogen (secondary N) is 1. The summed E-state index contributed by atoms with van der Waals surface area (Å²) in [7, 11) is 0. The number of hydrogen-bond acceptors (Lipinski definition) is 3. The highest BCUT2D eigenvalue weighted by molar-refractivity contribution is 6.39. The molecule has 110 valence electrons. The zero-order valence-electron chi connectivity index (χ0n) is 11.5. The van der Waals surface area contributed by atoms with Crippen LogP contribution in [-0.4, -0.2) is 11.0 Å². The first kappa shape index (κ1) is 15.4. The van der Waals surface area contributed by atoms with Crippen LogP contribution >= 0.6 is 23.2 Å². The Balaban J connectivity index is 2.23. The minimum Gasteiger partial charge on any atom is -0.380 e. The predicted molar refractivity (Wildman–Crippen MR) is 82.7 cm³/mol. The van der Waals surface area contributed by atoms with Gasteiger partial charge in [0.15, 0.2) is 0 Å². The van der Waals surface area contributed by atoms with Gasteiger partial charge in [-0.3, -0.25) is 10.1 Å². The minimum absolute atomic E-state index is 0.0874.